The molecule has 0 spiro atoms. The summed E-state index contributed by atoms with van der Waals surface area (Å²) in [6.07, 6.45) is 3.07. The Morgan fingerprint density at radius 1 is 0.923 bits per heavy atom. The van der Waals surface area contributed by atoms with Crippen LogP contribution in [-0.2, 0) is 4.79 Å². The maximum Gasteiger partial charge on any atom is 0.178 e. The second-order valence-corrected chi connectivity index (χ2v) is 6.59. The van der Waals surface area contributed by atoms with E-state index in [4.69, 9.17) is 11.6 Å². The van der Waals surface area contributed by atoms with Crippen molar-refractivity contribution >= 4 is 23.2 Å². The lowest BCUT2D eigenvalue weighted by molar-refractivity contribution is -0.120. The van der Waals surface area contributed by atoms with Gasteiger partial charge in [0.2, 0.25) is 0 Å². The Morgan fingerprint density at radius 2 is 1.65 bits per heavy atom. The molecule has 2 unspecified atom stereocenters. The van der Waals surface area contributed by atoms with Crippen LogP contribution in [0.4, 0.5) is 4.39 Å². The van der Waals surface area contributed by atoms with Crippen LogP contribution in [0.5, 0.6) is 0 Å². The van der Waals surface area contributed by atoms with Gasteiger partial charge in [-0.25, -0.2) is 4.39 Å². The molecule has 26 heavy (non-hydrogen) atoms. The van der Waals surface area contributed by atoms with E-state index in [0.717, 1.165) is 11.6 Å². The molecular weight excluding hydrogens is 353 g/mol. The molecule has 0 aliphatic heterocycles. The van der Waals surface area contributed by atoms with Gasteiger partial charge in [-0.15, -0.1) is 0 Å². The summed E-state index contributed by atoms with van der Waals surface area (Å²) >= 11 is 5.94. The molecule has 0 fully saturated rings. The van der Waals surface area contributed by atoms with Crippen molar-refractivity contribution in [3.8, 4) is 0 Å². The lowest BCUT2D eigenvalue weighted by Gasteiger charge is -2.30. The molecule has 0 radical (unpaired) electrons. The van der Waals surface area contributed by atoms with Crippen LogP contribution in [0.2, 0.25) is 5.02 Å². The van der Waals surface area contributed by atoms with E-state index in [1.807, 2.05) is 30.3 Å². The molecule has 0 bridgehead atoms. The highest BCUT2D eigenvalue weighted by molar-refractivity contribution is 6.31. The first-order chi connectivity index (χ1) is 12.6. The molecular formula is C21H13ClFNO2. The van der Waals surface area contributed by atoms with Crippen molar-refractivity contribution in [3.05, 3.63) is 100 Å². The van der Waals surface area contributed by atoms with E-state index >= 15 is 0 Å². The molecule has 2 atom stereocenters. The molecule has 1 aliphatic rings. The number of hydrogen-bond acceptors (Lipinski definition) is 3. The number of pyridine rings is 1. The fourth-order valence-electron chi connectivity index (χ4n) is 3.47. The summed E-state index contributed by atoms with van der Waals surface area (Å²) in [5.41, 5.74) is 1.87. The predicted octanol–water partition coefficient (Wildman–Crippen LogP) is 4.56. The van der Waals surface area contributed by atoms with Crippen molar-refractivity contribution in [2.75, 3.05) is 0 Å². The largest absolute Gasteiger partial charge is 0.297 e. The SMILES string of the molecule is O=C1c2cc(F)c(Cl)cc2C(c2ccccc2)C(=O)C1c1cccnc1. The van der Waals surface area contributed by atoms with E-state index in [-0.39, 0.29) is 16.4 Å². The maximum atomic E-state index is 14.1. The van der Waals surface area contributed by atoms with Crippen LogP contribution in [0.3, 0.4) is 0 Å². The summed E-state index contributed by atoms with van der Waals surface area (Å²) in [4.78, 5) is 30.3. The number of halogens is 2. The molecule has 0 amide bonds. The van der Waals surface area contributed by atoms with Gasteiger partial charge < -0.3 is 0 Å². The zero-order valence-electron chi connectivity index (χ0n) is 13.5. The topological polar surface area (TPSA) is 47.0 Å². The van der Waals surface area contributed by atoms with Crippen molar-refractivity contribution in [3.63, 3.8) is 0 Å². The molecule has 5 heteroatoms. The average molecular weight is 366 g/mol. The zero-order valence-corrected chi connectivity index (χ0v) is 14.3. The number of hydrogen-bond donors (Lipinski definition) is 0. The number of ketones is 2. The molecule has 1 aromatic heterocycles. The van der Waals surface area contributed by atoms with Crippen molar-refractivity contribution in [1.29, 1.82) is 0 Å². The number of carbonyl (C=O) groups is 2. The van der Waals surface area contributed by atoms with Gasteiger partial charge in [-0.1, -0.05) is 48.0 Å². The summed E-state index contributed by atoms with van der Waals surface area (Å²) in [7, 11) is 0. The molecule has 0 N–H and O–H groups in total. The van der Waals surface area contributed by atoms with Crippen LogP contribution >= 0.6 is 11.6 Å². The quantitative estimate of drug-likeness (QED) is 0.626. The van der Waals surface area contributed by atoms with Gasteiger partial charge in [0.15, 0.2) is 11.6 Å². The van der Waals surface area contributed by atoms with Crippen LogP contribution in [0.1, 0.15) is 38.9 Å². The standard InChI is InChI=1S/C21H13ClFNO2/c22-16-9-14-15(10-17(16)23)20(25)19(13-7-4-8-24-11-13)21(26)18(14)12-5-2-1-3-6-12/h1-11,18-19H. The Labute approximate surface area is 154 Å². The van der Waals surface area contributed by atoms with Crippen molar-refractivity contribution in [2.45, 2.75) is 11.8 Å². The van der Waals surface area contributed by atoms with Gasteiger partial charge in [-0.2, -0.15) is 0 Å². The van der Waals surface area contributed by atoms with Crippen molar-refractivity contribution < 1.29 is 14.0 Å². The number of rotatable bonds is 2. The molecule has 128 valence electrons. The first-order valence-electron chi connectivity index (χ1n) is 8.09. The van der Waals surface area contributed by atoms with Gasteiger partial charge in [-0.05, 0) is 34.9 Å². The van der Waals surface area contributed by atoms with Crippen LogP contribution < -0.4 is 0 Å². The number of fused-ring (bicyclic) bond motifs is 1. The lowest BCUT2D eigenvalue weighted by Crippen LogP contribution is -2.34. The summed E-state index contributed by atoms with van der Waals surface area (Å²) < 4.78 is 14.1. The molecule has 3 aromatic rings. The number of carbonyl (C=O) groups excluding carboxylic acids is 2. The first kappa shape index (κ1) is 16.6. The summed E-state index contributed by atoms with van der Waals surface area (Å²) in [5, 5.41) is -0.106. The van der Waals surface area contributed by atoms with E-state index in [9.17, 15) is 14.0 Å². The lowest BCUT2D eigenvalue weighted by atomic mass is 9.70. The highest BCUT2D eigenvalue weighted by Gasteiger charge is 2.43. The Morgan fingerprint density at radius 3 is 2.35 bits per heavy atom. The number of benzene rings is 2. The maximum absolute atomic E-state index is 14.1. The Bertz CT molecular complexity index is 1010. The third-order valence-corrected chi connectivity index (χ3v) is 4.94. The Kier molecular flexibility index (Phi) is 4.13. The summed E-state index contributed by atoms with van der Waals surface area (Å²) in [5.74, 6) is -3.07. The zero-order chi connectivity index (χ0) is 18.3. The van der Waals surface area contributed by atoms with E-state index in [1.54, 1.807) is 18.3 Å². The van der Waals surface area contributed by atoms with Crippen LogP contribution in [0.25, 0.3) is 0 Å². The third kappa shape index (κ3) is 2.63. The second kappa shape index (κ2) is 6.46. The van der Waals surface area contributed by atoms with Gasteiger partial charge in [-0.3, -0.25) is 14.6 Å². The normalized spacial score (nSPS) is 19.3. The molecule has 0 saturated heterocycles. The molecule has 0 saturated carbocycles. The van der Waals surface area contributed by atoms with Gasteiger partial charge in [0.1, 0.15) is 11.7 Å². The molecule has 3 nitrogen and oxygen atoms in total. The number of aromatic nitrogens is 1. The number of Topliss-reactive ketones (excluding diaryl/α,β-unsaturated/α-hetero) is 2. The van der Waals surface area contributed by atoms with Crippen molar-refractivity contribution in [1.82, 2.24) is 4.98 Å². The first-order valence-corrected chi connectivity index (χ1v) is 8.47. The van der Waals surface area contributed by atoms with E-state index < -0.39 is 23.4 Å². The third-order valence-electron chi connectivity index (χ3n) is 4.65. The average Bonchev–Trinajstić information content (AvgIpc) is 2.66. The molecule has 2 aromatic carbocycles. The number of nitrogens with zero attached hydrogens (tertiary/aromatic N) is 1. The predicted molar refractivity (Wildman–Crippen MR) is 96.0 cm³/mol. The monoisotopic (exact) mass is 365 g/mol. The van der Waals surface area contributed by atoms with Crippen LogP contribution in [0.15, 0.2) is 67.0 Å². The van der Waals surface area contributed by atoms with Gasteiger partial charge in [0, 0.05) is 18.0 Å². The minimum absolute atomic E-state index is 0.106. The van der Waals surface area contributed by atoms with Crippen LogP contribution in [0, 0.1) is 5.82 Å². The van der Waals surface area contributed by atoms with Crippen LogP contribution in [-0.4, -0.2) is 16.6 Å². The minimum Gasteiger partial charge on any atom is -0.297 e. The molecule has 1 heterocycles. The Balaban J connectivity index is 1.97. The van der Waals surface area contributed by atoms with Gasteiger partial charge in [0.05, 0.1) is 10.9 Å². The fraction of sp³-hybridized carbons (Fsp3) is 0.0952. The molecule has 4 rings (SSSR count). The smallest absolute Gasteiger partial charge is 0.178 e. The summed E-state index contributed by atoms with van der Waals surface area (Å²) in [6, 6.07) is 15.0. The Hall–Kier alpha value is -2.85. The second-order valence-electron chi connectivity index (χ2n) is 6.18. The highest BCUT2D eigenvalue weighted by Crippen LogP contribution is 2.42. The van der Waals surface area contributed by atoms with Crippen molar-refractivity contribution in [2.24, 2.45) is 0 Å². The van der Waals surface area contributed by atoms with E-state index in [1.165, 1.54) is 12.3 Å². The van der Waals surface area contributed by atoms with Gasteiger partial charge >= 0.3 is 0 Å². The molecule has 1 aliphatic carbocycles. The fourth-order valence-corrected chi connectivity index (χ4v) is 3.64. The van der Waals surface area contributed by atoms with E-state index in [2.05, 4.69) is 4.98 Å². The van der Waals surface area contributed by atoms with E-state index in [0.29, 0.717) is 11.1 Å². The van der Waals surface area contributed by atoms with Gasteiger partial charge in [0.25, 0.3) is 0 Å². The highest BCUT2D eigenvalue weighted by atomic mass is 35.5. The summed E-state index contributed by atoms with van der Waals surface area (Å²) in [6.45, 7) is 0. The minimum atomic E-state index is -1.01.